The van der Waals surface area contributed by atoms with Gasteiger partial charge in [0.25, 0.3) is 0 Å². The van der Waals surface area contributed by atoms with E-state index in [0.29, 0.717) is 6.04 Å². The second-order valence-corrected chi connectivity index (χ2v) is 4.77. The van der Waals surface area contributed by atoms with Crippen molar-refractivity contribution in [2.24, 2.45) is 0 Å². The van der Waals surface area contributed by atoms with Gasteiger partial charge >= 0.3 is 0 Å². The molecular formula is C9H18N4S. The van der Waals surface area contributed by atoms with Crippen LogP contribution in [0.15, 0.2) is 6.20 Å². The molecule has 0 saturated heterocycles. The number of rotatable bonds is 5. The minimum Gasteiger partial charge on any atom is -0.389 e. The van der Waals surface area contributed by atoms with Gasteiger partial charge in [-0.3, -0.25) is 0 Å². The van der Waals surface area contributed by atoms with Crippen LogP contribution in [0.25, 0.3) is 0 Å². The first-order valence-electron chi connectivity index (χ1n) is 4.70. The van der Waals surface area contributed by atoms with Gasteiger partial charge in [0.05, 0.1) is 6.20 Å². The lowest BCUT2D eigenvalue weighted by molar-refractivity contribution is 0.390. The van der Waals surface area contributed by atoms with E-state index in [2.05, 4.69) is 36.2 Å². The van der Waals surface area contributed by atoms with Crippen LogP contribution in [-0.2, 0) is 0 Å². The molecule has 1 aromatic rings. The molecule has 5 heteroatoms. The Bertz CT molecular complexity index is 272. The van der Waals surface area contributed by atoms with Crippen molar-refractivity contribution in [3.63, 3.8) is 0 Å². The normalized spacial score (nSPS) is 13.1. The molecule has 0 aliphatic rings. The Morgan fingerprint density at radius 1 is 1.64 bits per heavy atom. The number of nitrogens with one attached hydrogen (secondary N) is 1. The molecule has 0 saturated carbocycles. The quantitative estimate of drug-likeness (QED) is 0.779. The van der Waals surface area contributed by atoms with E-state index in [1.807, 2.05) is 0 Å². The highest BCUT2D eigenvalue weighted by molar-refractivity contribution is 7.19. The van der Waals surface area contributed by atoms with Crippen molar-refractivity contribution in [2.75, 3.05) is 31.7 Å². The van der Waals surface area contributed by atoms with Crippen LogP contribution in [0.4, 0.5) is 10.1 Å². The van der Waals surface area contributed by atoms with Crippen molar-refractivity contribution in [3.05, 3.63) is 6.20 Å². The van der Waals surface area contributed by atoms with Gasteiger partial charge in [-0.15, -0.1) is 0 Å². The standard InChI is InChI=1S/C9H18N4S/c1-7(4-5-13(2)3)12-9-11-6-8(10)14-9/h6-7H,4-5,10H2,1-3H3,(H,11,12). The van der Waals surface area contributed by atoms with E-state index in [-0.39, 0.29) is 0 Å². The molecule has 0 aromatic carbocycles. The smallest absolute Gasteiger partial charge is 0.184 e. The lowest BCUT2D eigenvalue weighted by Crippen LogP contribution is -2.22. The van der Waals surface area contributed by atoms with Gasteiger partial charge in [0.15, 0.2) is 5.13 Å². The molecule has 1 unspecified atom stereocenters. The van der Waals surface area contributed by atoms with Crippen LogP contribution in [0, 0.1) is 0 Å². The van der Waals surface area contributed by atoms with Gasteiger partial charge in [0, 0.05) is 6.04 Å². The maximum Gasteiger partial charge on any atom is 0.184 e. The molecule has 14 heavy (non-hydrogen) atoms. The fourth-order valence-electron chi connectivity index (χ4n) is 1.09. The van der Waals surface area contributed by atoms with Gasteiger partial charge < -0.3 is 16.0 Å². The van der Waals surface area contributed by atoms with Crippen LogP contribution in [0.1, 0.15) is 13.3 Å². The molecule has 0 aliphatic heterocycles. The first-order chi connectivity index (χ1) is 6.58. The van der Waals surface area contributed by atoms with E-state index in [4.69, 9.17) is 5.73 Å². The topological polar surface area (TPSA) is 54.2 Å². The largest absolute Gasteiger partial charge is 0.389 e. The third-order valence-corrected chi connectivity index (χ3v) is 2.66. The van der Waals surface area contributed by atoms with Crippen LogP contribution >= 0.6 is 11.3 Å². The van der Waals surface area contributed by atoms with Crippen molar-refractivity contribution in [2.45, 2.75) is 19.4 Å². The summed E-state index contributed by atoms with van der Waals surface area (Å²) in [6.45, 7) is 3.23. The van der Waals surface area contributed by atoms with Crippen molar-refractivity contribution >= 4 is 21.5 Å². The van der Waals surface area contributed by atoms with Crippen LogP contribution in [-0.4, -0.2) is 36.6 Å². The Hall–Kier alpha value is -0.810. The number of anilines is 2. The SMILES string of the molecule is CC(CCN(C)C)Nc1ncc(N)s1. The highest BCUT2D eigenvalue weighted by atomic mass is 32.1. The zero-order chi connectivity index (χ0) is 10.6. The number of hydrogen-bond acceptors (Lipinski definition) is 5. The summed E-state index contributed by atoms with van der Waals surface area (Å²) in [4.78, 5) is 6.33. The molecule has 80 valence electrons. The molecule has 0 radical (unpaired) electrons. The number of nitrogens with two attached hydrogens (primary N) is 1. The second-order valence-electron chi connectivity index (χ2n) is 3.71. The minimum atomic E-state index is 0.433. The number of nitrogen functional groups attached to an aromatic ring is 1. The monoisotopic (exact) mass is 214 g/mol. The highest BCUT2D eigenvalue weighted by Crippen LogP contribution is 2.20. The van der Waals surface area contributed by atoms with E-state index >= 15 is 0 Å². The molecule has 0 fully saturated rings. The van der Waals surface area contributed by atoms with Gasteiger partial charge in [0.1, 0.15) is 5.00 Å². The summed E-state index contributed by atoms with van der Waals surface area (Å²) in [7, 11) is 4.15. The first kappa shape index (κ1) is 11.3. The Labute approximate surface area is 89.1 Å². The fraction of sp³-hybridized carbons (Fsp3) is 0.667. The lowest BCUT2D eigenvalue weighted by Gasteiger charge is -2.15. The molecule has 0 spiro atoms. The summed E-state index contributed by atoms with van der Waals surface area (Å²) in [6.07, 6.45) is 2.79. The predicted molar refractivity (Wildman–Crippen MR) is 62.8 cm³/mol. The molecule has 0 amide bonds. The van der Waals surface area contributed by atoms with Gasteiger partial charge in [-0.25, -0.2) is 4.98 Å². The number of thiazole rings is 1. The minimum absolute atomic E-state index is 0.433. The van der Waals surface area contributed by atoms with Crippen molar-refractivity contribution in [1.29, 1.82) is 0 Å². The van der Waals surface area contributed by atoms with E-state index in [1.165, 1.54) is 11.3 Å². The molecule has 1 aromatic heterocycles. The van der Waals surface area contributed by atoms with Gasteiger partial charge in [0.2, 0.25) is 0 Å². The number of nitrogens with zero attached hydrogens (tertiary/aromatic N) is 2. The summed E-state index contributed by atoms with van der Waals surface area (Å²) >= 11 is 1.49. The Morgan fingerprint density at radius 2 is 2.36 bits per heavy atom. The lowest BCUT2D eigenvalue weighted by atomic mass is 10.2. The molecule has 4 nitrogen and oxygen atoms in total. The van der Waals surface area contributed by atoms with Crippen LogP contribution in [0.3, 0.4) is 0 Å². The number of aromatic nitrogens is 1. The summed E-state index contributed by atoms with van der Waals surface area (Å²) in [6, 6.07) is 0.433. The average Bonchev–Trinajstić information content (AvgIpc) is 2.48. The summed E-state index contributed by atoms with van der Waals surface area (Å²) in [5.74, 6) is 0. The summed E-state index contributed by atoms with van der Waals surface area (Å²) in [5, 5.41) is 4.99. The first-order valence-corrected chi connectivity index (χ1v) is 5.52. The third kappa shape index (κ3) is 3.93. The molecule has 0 bridgehead atoms. The fourth-order valence-corrected chi connectivity index (χ4v) is 1.78. The van der Waals surface area contributed by atoms with E-state index in [1.54, 1.807) is 6.20 Å². The Morgan fingerprint density at radius 3 is 2.86 bits per heavy atom. The van der Waals surface area contributed by atoms with Crippen LogP contribution in [0.5, 0.6) is 0 Å². The van der Waals surface area contributed by atoms with Crippen LogP contribution in [0.2, 0.25) is 0 Å². The zero-order valence-electron chi connectivity index (χ0n) is 8.95. The van der Waals surface area contributed by atoms with E-state index in [9.17, 15) is 0 Å². The van der Waals surface area contributed by atoms with E-state index < -0.39 is 0 Å². The molecule has 0 aliphatic carbocycles. The van der Waals surface area contributed by atoms with Crippen molar-refractivity contribution in [3.8, 4) is 0 Å². The summed E-state index contributed by atoms with van der Waals surface area (Å²) in [5.41, 5.74) is 5.58. The zero-order valence-corrected chi connectivity index (χ0v) is 9.77. The molecular weight excluding hydrogens is 196 g/mol. The maximum absolute atomic E-state index is 5.58. The van der Waals surface area contributed by atoms with Crippen LogP contribution < -0.4 is 11.1 Å². The predicted octanol–water partition coefficient (Wildman–Crippen LogP) is 1.48. The second kappa shape index (κ2) is 5.17. The van der Waals surface area contributed by atoms with Gasteiger partial charge in [-0.1, -0.05) is 11.3 Å². The highest BCUT2D eigenvalue weighted by Gasteiger charge is 2.05. The van der Waals surface area contributed by atoms with Gasteiger partial charge in [-0.05, 0) is 34.0 Å². The van der Waals surface area contributed by atoms with Crippen molar-refractivity contribution < 1.29 is 0 Å². The van der Waals surface area contributed by atoms with Crippen molar-refractivity contribution in [1.82, 2.24) is 9.88 Å². The molecule has 1 atom stereocenters. The Kier molecular flexibility index (Phi) is 4.16. The molecule has 1 rings (SSSR count). The molecule has 3 N–H and O–H groups in total. The summed E-state index contributed by atoms with van der Waals surface area (Å²) < 4.78 is 0. The third-order valence-electron chi connectivity index (χ3n) is 1.90. The van der Waals surface area contributed by atoms with Gasteiger partial charge in [-0.2, -0.15) is 0 Å². The maximum atomic E-state index is 5.58. The Balaban J connectivity index is 2.30. The number of hydrogen-bond donors (Lipinski definition) is 2. The van der Waals surface area contributed by atoms with E-state index in [0.717, 1.165) is 23.1 Å². The molecule has 1 heterocycles. The average molecular weight is 214 g/mol.